The third kappa shape index (κ3) is 4.31. The Hall–Kier alpha value is -3.32. The Bertz CT molecular complexity index is 1090. The molecule has 7 heteroatoms. The molecule has 0 radical (unpaired) electrons. The third-order valence-electron chi connectivity index (χ3n) is 4.75. The van der Waals surface area contributed by atoms with Crippen molar-refractivity contribution in [1.29, 1.82) is 0 Å². The minimum Gasteiger partial charge on any atom is -0.461 e. The summed E-state index contributed by atoms with van der Waals surface area (Å²) in [6.45, 7) is 2.47. The molecule has 4 aromatic rings. The van der Waals surface area contributed by atoms with Gasteiger partial charge in [-0.2, -0.15) is 0 Å². The zero-order chi connectivity index (χ0) is 20.9. The van der Waals surface area contributed by atoms with Gasteiger partial charge in [-0.3, -0.25) is 9.36 Å². The molecule has 1 unspecified atom stereocenters. The molecule has 0 aliphatic carbocycles. The van der Waals surface area contributed by atoms with Crippen molar-refractivity contribution in [2.75, 3.05) is 11.9 Å². The van der Waals surface area contributed by atoms with Crippen LogP contribution in [0.5, 0.6) is 0 Å². The molecule has 2 aromatic heterocycles. The van der Waals surface area contributed by atoms with Crippen LogP contribution in [0.1, 0.15) is 12.5 Å². The summed E-state index contributed by atoms with van der Waals surface area (Å²) in [4.78, 5) is 14.7. The van der Waals surface area contributed by atoms with E-state index in [1.807, 2.05) is 72.2 Å². The summed E-state index contributed by atoms with van der Waals surface area (Å²) in [7, 11) is 1.79. The summed E-state index contributed by atoms with van der Waals surface area (Å²) in [6, 6.07) is 23.4. The number of carbonyl (C=O) groups is 1. The van der Waals surface area contributed by atoms with Gasteiger partial charge in [-0.25, -0.2) is 0 Å². The van der Waals surface area contributed by atoms with Crippen molar-refractivity contribution in [1.82, 2.24) is 14.8 Å². The van der Waals surface area contributed by atoms with Crippen molar-refractivity contribution in [2.45, 2.75) is 23.9 Å². The molecular weight excluding hydrogens is 396 g/mol. The number of hydrogen-bond acceptors (Lipinski definition) is 5. The molecule has 2 aromatic carbocycles. The highest BCUT2D eigenvalue weighted by Crippen LogP contribution is 2.29. The van der Waals surface area contributed by atoms with Crippen LogP contribution < -0.4 is 4.90 Å². The number of para-hydroxylation sites is 1. The van der Waals surface area contributed by atoms with Gasteiger partial charge in [-0.15, -0.1) is 10.2 Å². The number of benzene rings is 2. The van der Waals surface area contributed by atoms with E-state index in [0.717, 1.165) is 11.3 Å². The smallest absolute Gasteiger partial charge is 0.240 e. The van der Waals surface area contributed by atoms with E-state index in [9.17, 15) is 4.79 Å². The van der Waals surface area contributed by atoms with Crippen molar-refractivity contribution in [3.05, 3.63) is 84.6 Å². The zero-order valence-corrected chi connectivity index (χ0v) is 17.6. The molecule has 0 aliphatic rings. The van der Waals surface area contributed by atoms with Crippen LogP contribution in [0, 0.1) is 0 Å². The molecule has 0 fully saturated rings. The fourth-order valence-corrected chi connectivity index (χ4v) is 4.07. The molecule has 4 rings (SSSR count). The Morgan fingerprint density at radius 2 is 1.73 bits per heavy atom. The summed E-state index contributed by atoms with van der Waals surface area (Å²) in [5.74, 6) is 1.29. The van der Waals surface area contributed by atoms with Crippen LogP contribution in [0.4, 0.5) is 5.69 Å². The lowest BCUT2D eigenvalue weighted by Gasteiger charge is -2.21. The minimum atomic E-state index is -0.335. The van der Waals surface area contributed by atoms with Gasteiger partial charge in [0.2, 0.25) is 11.7 Å². The Kier molecular flexibility index (Phi) is 5.99. The zero-order valence-electron chi connectivity index (χ0n) is 16.8. The number of hydrogen-bond donors (Lipinski definition) is 0. The average Bonchev–Trinajstić information content (AvgIpc) is 3.44. The second-order valence-corrected chi connectivity index (χ2v) is 8.16. The van der Waals surface area contributed by atoms with Crippen molar-refractivity contribution >= 4 is 23.4 Å². The second kappa shape index (κ2) is 9.00. The van der Waals surface area contributed by atoms with E-state index in [0.29, 0.717) is 23.3 Å². The number of nitrogens with zero attached hydrogens (tertiary/aromatic N) is 4. The van der Waals surface area contributed by atoms with E-state index in [-0.39, 0.29) is 11.2 Å². The molecule has 0 N–H and O–H groups in total. The lowest BCUT2D eigenvalue weighted by atomic mass is 10.2. The summed E-state index contributed by atoms with van der Waals surface area (Å²) in [5, 5.41) is 9.05. The Labute approximate surface area is 179 Å². The SMILES string of the molecule is CC(Sc1nnc(-c2ccco2)n1Cc1ccccc1)C(=O)N(C)c1ccccc1. The fraction of sp³-hybridized carbons (Fsp3) is 0.174. The van der Waals surface area contributed by atoms with Crippen molar-refractivity contribution in [2.24, 2.45) is 0 Å². The predicted octanol–water partition coefficient (Wildman–Crippen LogP) is 4.73. The van der Waals surface area contributed by atoms with E-state index < -0.39 is 0 Å². The van der Waals surface area contributed by atoms with E-state index in [2.05, 4.69) is 22.3 Å². The third-order valence-corrected chi connectivity index (χ3v) is 5.81. The first kappa shape index (κ1) is 20.0. The van der Waals surface area contributed by atoms with Gasteiger partial charge < -0.3 is 9.32 Å². The van der Waals surface area contributed by atoms with Crippen LogP contribution in [0.15, 0.2) is 88.6 Å². The molecule has 0 bridgehead atoms. The van der Waals surface area contributed by atoms with Gasteiger partial charge in [-0.05, 0) is 36.8 Å². The Balaban J connectivity index is 1.59. The normalized spacial score (nSPS) is 11.9. The summed E-state index contributed by atoms with van der Waals surface area (Å²) < 4.78 is 7.54. The monoisotopic (exact) mass is 418 g/mol. The first-order valence-electron chi connectivity index (χ1n) is 9.64. The highest BCUT2D eigenvalue weighted by Gasteiger charge is 2.24. The Morgan fingerprint density at radius 1 is 1.03 bits per heavy atom. The highest BCUT2D eigenvalue weighted by atomic mass is 32.2. The van der Waals surface area contributed by atoms with Crippen molar-refractivity contribution in [3.63, 3.8) is 0 Å². The van der Waals surface area contributed by atoms with Crippen LogP contribution in [0.25, 0.3) is 11.6 Å². The van der Waals surface area contributed by atoms with Gasteiger partial charge in [0.1, 0.15) is 0 Å². The number of furan rings is 1. The summed E-state index contributed by atoms with van der Waals surface area (Å²) >= 11 is 1.40. The maximum Gasteiger partial charge on any atom is 0.240 e. The van der Waals surface area contributed by atoms with E-state index in [1.165, 1.54) is 11.8 Å². The average molecular weight is 419 g/mol. The highest BCUT2D eigenvalue weighted by molar-refractivity contribution is 8.00. The molecule has 1 atom stereocenters. The van der Waals surface area contributed by atoms with E-state index in [4.69, 9.17) is 4.42 Å². The van der Waals surface area contributed by atoms with Gasteiger partial charge in [0.05, 0.1) is 18.1 Å². The van der Waals surface area contributed by atoms with Crippen LogP contribution >= 0.6 is 11.8 Å². The largest absolute Gasteiger partial charge is 0.461 e. The number of anilines is 1. The van der Waals surface area contributed by atoms with Gasteiger partial charge in [-0.1, -0.05) is 60.3 Å². The second-order valence-electron chi connectivity index (χ2n) is 6.85. The summed E-state index contributed by atoms with van der Waals surface area (Å²) in [5.41, 5.74) is 1.98. The van der Waals surface area contributed by atoms with Crippen LogP contribution in [0.2, 0.25) is 0 Å². The molecule has 0 saturated carbocycles. The lowest BCUT2D eigenvalue weighted by Crippen LogP contribution is -2.33. The number of rotatable bonds is 7. The molecule has 30 heavy (non-hydrogen) atoms. The van der Waals surface area contributed by atoms with Gasteiger partial charge in [0.15, 0.2) is 10.9 Å². The number of amides is 1. The van der Waals surface area contributed by atoms with Gasteiger partial charge >= 0.3 is 0 Å². The van der Waals surface area contributed by atoms with Crippen LogP contribution in [-0.4, -0.2) is 33.0 Å². The first-order chi connectivity index (χ1) is 14.6. The first-order valence-corrected chi connectivity index (χ1v) is 10.5. The quantitative estimate of drug-likeness (QED) is 0.406. The molecule has 2 heterocycles. The summed E-state index contributed by atoms with van der Waals surface area (Å²) in [6.07, 6.45) is 1.62. The van der Waals surface area contributed by atoms with Crippen molar-refractivity contribution < 1.29 is 9.21 Å². The predicted molar refractivity (Wildman–Crippen MR) is 118 cm³/mol. The molecular formula is C23H22N4O2S. The van der Waals surface area contributed by atoms with Gasteiger partial charge in [0, 0.05) is 12.7 Å². The molecule has 152 valence electrons. The standard InChI is InChI=1S/C23H22N4O2S/c1-17(22(28)26(2)19-12-7-4-8-13-19)30-23-25-24-21(20-14-9-15-29-20)27(23)16-18-10-5-3-6-11-18/h3-15,17H,16H2,1-2H3. The van der Waals surface area contributed by atoms with Crippen LogP contribution in [0.3, 0.4) is 0 Å². The Morgan fingerprint density at radius 3 is 2.40 bits per heavy atom. The minimum absolute atomic E-state index is 0.00000900. The molecule has 6 nitrogen and oxygen atoms in total. The van der Waals surface area contributed by atoms with Gasteiger partial charge in [0.25, 0.3) is 0 Å². The molecule has 1 amide bonds. The van der Waals surface area contributed by atoms with Crippen molar-refractivity contribution in [3.8, 4) is 11.6 Å². The number of aromatic nitrogens is 3. The van der Waals surface area contributed by atoms with Crippen LogP contribution in [-0.2, 0) is 11.3 Å². The number of carbonyl (C=O) groups excluding carboxylic acids is 1. The number of thioether (sulfide) groups is 1. The maximum atomic E-state index is 13.0. The van der Waals surface area contributed by atoms with E-state index >= 15 is 0 Å². The fourth-order valence-electron chi connectivity index (χ4n) is 3.13. The molecule has 0 saturated heterocycles. The lowest BCUT2D eigenvalue weighted by molar-refractivity contribution is -0.117. The molecule has 0 aliphatic heterocycles. The topological polar surface area (TPSA) is 64.2 Å². The maximum absolute atomic E-state index is 13.0. The molecule has 0 spiro atoms. The van der Waals surface area contributed by atoms with E-state index in [1.54, 1.807) is 18.2 Å².